The molecule has 154 valence electrons. The molecule has 3 rings (SSSR count). The highest BCUT2D eigenvalue weighted by Gasteiger charge is 2.20. The zero-order valence-corrected chi connectivity index (χ0v) is 18.3. The number of aryl methyl sites for hydroxylation is 1. The maximum absolute atomic E-state index is 11.9. The van der Waals surface area contributed by atoms with Crippen LogP contribution >= 0.6 is 11.6 Å². The van der Waals surface area contributed by atoms with Gasteiger partial charge >= 0.3 is 0 Å². The number of halogens is 1. The first-order valence-corrected chi connectivity index (χ1v) is 10.7. The number of aromatic nitrogens is 2. The van der Waals surface area contributed by atoms with Crippen LogP contribution in [-0.4, -0.2) is 22.0 Å². The summed E-state index contributed by atoms with van der Waals surface area (Å²) in [5, 5.41) is 3.77. The monoisotopic (exact) mass is 411 g/mol. The van der Waals surface area contributed by atoms with Gasteiger partial charge in [-0.15, -0.1) is 0 Å². The van der Waals surface area contributed by atoms with Gasteiger partial charge in [-0.3, -0.25) is 4.79 Å². The number of amides is 1. The van der Waals surface area contributed by atoms with Crippen molar-refractivity contribution in [3.05, 3.63) is 64.9 Å². The Labute approximate surface area is 178 Å². The maximum atomic E-state index is 11.9. The molecular weight excluding hydrogens is 382 g/mol. The molecule has 0 fully saturated rings. The summed E-state index contributed by atoms with van der Waals surface area (Å²) >= 11 is 6.03. The third kappa shape index (κ3) is 5.83. The average Bonchev–Trinajstić information content (AvgIpc) is 3.03. The Morgan fingerprint density at radius 1 is 1.03 bits per heavy atom. The van der Waals surface area contributed by atoms with Crippen molar-refractivity contribution in [1.82, 2.24) is 14.9 Å². The maximum Gasteiger partial charge on any atom is 0.225 e. The molecular formula is C24H30ClN3O. The molecule has 0 saturated carbocycles. The van der Waals surface area contributed by atoms with Crippen molar-refractivity contribution in [2.75, 3.05) is 6.54 Å². The molecule has 1 heterocycles. The van der Waals surface area contributed by atoms with E-state index < -0.39 is 0 Å². The molecule has 29 heavy (non-hydrogen) atoms. The predicted octanol–water partition coefficient (Wildman–Crippen LogP) is 5.61. The second-order valence-electron chi connectivity index (χ2n) is 8.55. The number of para-hydroxylation sites is 2. The van der Waals surface area contributed by atoms with E-state index in [9.17, 15) is 4.79 Å². The largest absolute Gasteiger partial charge is 0.356 e. The van der Waals surface area contributed by atoms with Crippen molar-refractivity contribution in [2.45, 2.75) is 53.0 Å². The summed E-state index contributed by atoms with van der Waals surface area (Å²) in [5.41, 5.74) is 3.08. The number of rotatable bonds is 8. The third-order valence-electron chi connectivity index (χ3n) is 5.03. The number of benzene rings is 2. The number of fused-ring (bicyclic) bond motifs is 1. The van der Waals surface area contributed by atoms with Gasteiger partial charge in [-0.1, -0.05) is 63.1 Å². The molecule has 0 bridgehead atoms. The first kappa shape index (κ1) is 21.4. The summed E-state index contributed by atoms with van der Waals surface area (Å²) in [4.78, 5) is 16.8. The lowest BCUT2D eigenvalue weighted by atomic mass is 9.96. The first-order chi connectivity index (χ1) is 13.8. The van der Waals surface area contributed by atoms with Crippen LogP contribution in [0.3, 0.4) is 0 Å². The van der Waals surface area contributed by atoms with Gasteiger partial charge in [0.05, 0.1) is 11.0 Å². The third-order valence-corrected chi connectivity index (χ3v) is 5.28. The van der Waals surface area contributed by atoms with Gasteiger partial charge in [-0.25, -0.2) is 4.98 Å². The second kappa shape index (κ2) is 9.45. The number of hydrogen-bond donors (Lipinski definition) is 1. The average molecular weight is 412 g/mol. The molecule has 0 aliphatic heterocycles. The molecule has 0 saturated heterocycles. The lowest BCUT2D eigenvalue weighted by Gasteiger charge is -2.17. The highest BCUT2D eigenvalue weighted by Crippen LogP contribution is 2.20. The van der Waals surface area contributed by atoms with Gasteiger partial charge in [-0.05, 0) is 42.7 Å². The minimum Gasteiger partial charge on any atom is -0.356 e. The van der Waals surface area contributed by atoms with Crippen LogP contribution in [0, 0.1) is 5.41 Å². The van der Waals surface area contributed by atoms with Gasteiger partial charge in [0.15, 0.2) is 0 Å². The molecule has 1 N–H and O–H groups in total. The molecule has 5 heteroatoms. The fraction of sp³-hybridized carbons (Fsp3) is 0.417. The quantitative estimate of drug-likeness (QED) is 0.489. The molecule has 1 aromatic heterocycles. The molecule has 0 unspecified atom stereocenters. The number of imidazole rings is 1. The van der Waals surface area contributed by atoms with Crippen LogP contribution in [0.1, 0.15) is 51.4 Å². The molecule has 4 nitrogen and oxygen atoms in total. The van der Waals surface area contributed by atoms with Crippen LogP contribution in [0.5, 0.6) is 0 Å². The van der Waals surface area contributed by atoms with E-state index in [2.05, 4.69) is 40.2 Å². The van der Waals surface area contributed by atoms with E-state index >= 15 is 0 Å². The van der Waals surface area contributed by atoms with Crippen LogP contribution in [-0.2, 0) is 17.8 Å². The van der Waals surface area contributed by atoms with Crippen LogP contribution < -0.4 is 5.32 Å². The van der Waals surface area contributed by atoms with Crippen molar-refractivity contribution in [1.29, 1.82) is 0 Å². The zero-order valence-electron chi connectivity index (χ0n) is 17.5. The highest BCUT2D eigenvalue weighted by atomic mass is 35.5. The molecule has 0 atom stereocenters. The van der Waals surface area contributed by atoms with Crippen LogP contribution in [0.25, 0.3) is 11.0 Å². The number of nitrogens with zero attached hydrogens (tertiary/aromatic N) is 2. The molecule has 3 aromatic rings. The smallest absolute Gasteiger partial charge is 0.225 e. The number of carbonyl (C=O) groups excluding carboxylic acids is 1. The normalized spacial score (nSPS) is 11.7. The minimum absolute atomic E-state index is 0.113. The summed E-state index contributed by atoms with van der Waals surface area (Å²) in [5.74, 6) is 1.22. The molecule has 2 aromatic carbocycles. The number of hydrogen-bond acceptors (Lipinski definition) is 2. The van der Waals surface area contributed by atoms with Gasteiger partial charge in [0, 0.05) is 29.9 Å². The second-order valence-corrected chi connectivity index (χ2v) is 8.98. The summed E-state index contributed by atoms with van der Waals surface area (Å²) in [6.45, 7) is 7.33. The van der Waals surface area contributed by atoms with Crippen molar-refractivity contribution in [3.63, 3.8) is 0 Å². The van der Waals surface area contributed by atoms with E-state index in [1.807, 2.05) is 39.0 Å². The van der Waals surface area contributed by atoms with Gasteiger partial charge in [-0.2, -0.15) is 0 Å². The predicted molar refractivity (Wildman–Crippen MR) is 120 cm³/mol. The van der Waals surface area contributed by atoms with Crippen LogP contribution in [0.4, 0.5) is 0 Å². The van der Waals surface area contributed by atoms with Gasteiger partial charge in [0.1, 0.15) is 5.82 Å². The van der Waals surface area contributed by atoms with E-state index in [-0.39, 0.29) is 11.3 Å². The Morgan fingerprint density at radius 3 is 2.48 bits per heavy atom. The van der Waals surface area contributed by atoms with E-state index in [0.29, 0.717) is 0 Å². The highest BCUT2D eigenvalue weighted by molar-refractivity contribution is 6.30. The van der Waals surface area contributed by atoms with Crippen molar-refractivity contribution < 1.29 is 4.79 Å². The van der Waals surface area contributed by atoms with Gasteiger partial charge in [0.2, 0.25) is 5.91 Å². The Hall–Kier alpha value is -2.33. The molecule has 0 radical (unpaired) electrons. The van der Waals surface area contributed by atoms with Crippen LogP contribution in [0.2, 0.25) is 5.02 Å². The van der Waals surface area contributed by atoms with E-state index in [1.54, 1.807) is 0 Å². The number of unbranched alkanes of at least 4 members (excludes halogenated alkanes) is 2. The summed E-state index contributed by atoms with van der Waals surface area (Å²) < 4.78 is 2.31. The minimum atomic E-state index is -0.327. The SMILES string of the molecule is CC(C)(C)C(=O)NCCCCCc1nc2ccccc2n1Cc1ccc(Cl)cc1. The Morgan fingerprint density at radius 2 is 1.76 bits per heavy atom. The zero-order chi connectivity index (χ0) is 20.9. The van der Waals surface area contributed by atoms with Crippen molar-refractivity contribution in [2.24, 2.45) is 5.41 Å². The Kier molecular flexibility index (Phi) is 6.96. The standard InChI is InChI=1S/C24H30ClN3O/c1-24(2,3)23(29)26-16-8-4-5-11-22-27-20-9-6-7-10-21(20)28(22)17-18-12-14-19(25)15-13-18/h6-7,9-10,12-15H,4-5,8,11,16-17H2,1-3H3,(H,26,29). The number of nitrogens with one attached hydrogen (secondary N) is 1. The fourth-order valence-corrected chi connectivity index (χ4v) is 3.44. The summed E-state index contributed by atoms with van der Waals surface area (Å²) in [7, 11) is 0. The van der Waals surface area contributed by atoms with Crippen LogP contribution in [0.15, 0.2) is 48.5 Å². The van der Waals surface area contributed by atoms with Gasteiger partial charge in [0.25, 0.3) is 0 Å². The number of carbonyl (C=O) groups is 1. The summed E-state index contributed by atoms with van der Waals surface area (Å²) in [6, 6.07) is 16.3. The molecule has 0 aliphatic carbocycles. The molecule has 0 aliphatic rings. The molecule has 1 amide bonds. The van der Waals surface area contributed by atoms with Crippen molar-refractivity contribution in [3.8, 4) is 0 Å². The van der Waals surface area contributed by atoms with Crippen molar-refractivity contribution >= 4 is 28.5 Å². The lowest BCUT2D eigenvalue weighted by Crippen LogP contribution is -2.35. The van der Waals surface area contributed by atoms with E-state index in [1.165, 1.54) is 5.56 Å². The fourth-order valence-electron chi connectivity index (χ4n) is 3.32. The van der Waals surface area contributed by atoms with Gasteiger partial charge < -0.3 is 9.88 Å². The molecule has 0 spiro atoms. The Balaban J connectivity index is 1.60. The lowest BCUT2D eigenvalue weighted by molar-refractivity contribution is -0.128. The van der Waals surface area contributed by atoms with E-state index in [0.717, 1.165) is 60.7 Å². The summed E-state index contributed by atoms with van der Waals surface area (Å²) in [6.07, 6.45) is 4.03. The Bertz CT molecular complexity index is 954. The topological polar surface area (TPSA) is 46.9 Å². The first-order valence-electron chi connectivity index (χ1n) is 10.3. The van der Waals surface area contributed by atoms with E-state index in [4.69, 9.17) is 16.6 Å².